The van der Waals surface area contributed by atoms with E-state index in [1.54, 1.807) is 11.9 Å². The van der Waals surface area contributed by atoms with Crippen molar-refractivity contribution in [2.24, 2.45) is 11.1 Å². The average molecular weight is 343 g/mol. The van der Waals surface area contributed by atoms with Gasteiger partial charge < -0.3 is 15.4 Å². The summed E-state index contributed by atoms with van der Waals surface area (Å²) in [4.78, 5) is 13.7. The van der Waals surface area contributed by atoms with Gasteiger partial charge in [-0.05, 0) is 30.7 Å². The van der Waals surface area contributed by atoms with Crippen LogP contribution in [0, 0.1) is 5.41 Å². The Hall–Kier alpha value is -0.553. The number of ether oxygens (including phenoxy) is 1. The molecule has 2 N–H and O–H groups in total. The van der Waals surface area contributed by atoms with Gasteiger partial charge in [-0.15, -0.1) is 0 Å². The van der Waals surface area contributed by atoms with Crippen LogP contribution in [-0.4, -0.2) is 45.3 Å². The topological polar surface area (TPSA) is 55.6 Å². The monoisotopic (exact) mass is 342 g/mol. The van der Waals surface area contributed by atoms with Crippen molar-refractivity contribution in [1.82, 2.24) is 4.90 Å². The molecule has 1 amide bonds. The number of carbonyl (C=O) groups excluding carboxylic acids is 1. The Morgan fingerprint density at radius 1 is 1.26 bits per heavy atom. The average Bonchev–Trinajstić information content (AvgIpc) is 2.46. The molecule has 1 rings (SSSR count). The van der Waals surface area contributed by atoms with E-state index in [0.717, 1.165) is 12.5 Å². The molecule has 0 radical (unpaired) electrons. The third-order valence-electron chi connectivity index (χ3n) is 5.26. The molecular weight excluding hydrogens is 304 g/mol. The zero-order valence-corrected chi connectivity index (χ0v) is 17.0. The number of rotatable bonds is 8. The summed E-state index contributed by atoms with van der Waals surface area (Å²) < 4.78 is 5.39. The van der Waals surface area contributed by atoms with Gasteiger partial charge in [0.25, 0.3) is 0 Å². The van der Waals surface area contributed by atoms with Crippen molar-refractivity contribution >= 4 is 14.2 Å². The highest BCUT2D eigenvalue weighted by Crippen LogP contribution is 2.42. The van der Waals surface area contributed by atoms with Crippen molar-refractivity contribution in [1.29, 1.82) is 0 Å². The molecular formula is C18H38N2O2Si. The molecule has 1 unspecified atom stereocenters. The summed E-state index contributed by atoms with van der Waals surface area (Å²) in [6.45, 7) is 10.3. The normalized spacial score (nSPS) is 19.2. The van der Waals surface area contributed by atoms with Gasteiger partial charge in [-0.25, -0.2) is 4.79 Å². The minimum atomic E-state index is -1.16. The SMILES string of the molecule is CCC1(CC(N)CN(C)C(=O)OCC[Si](C)(C)C)CCCCC1. The first kappa shape index (κ1) is 20.5. The van der Waals surface area contributed by atoms with Crippen molar-refractivity contribution in [3.63, 3.8) is 0 Å². The fraction of sp³-hybridized carbons (Fsp3) is 0.944. The second-order valence-corrected chi connectivity index (χ2v) is 14.3. The molecule has 1 atom stereocenters. The summed E-state index contributed by atoms with van der Waals surface area (Å²) in [6.07, 6.45) is 8.60. The Labute approximate surface area is 144 Å². The minimum absolute atomic E-state index is 0.0441. The Morgan fingerprint density at radius 2 is 1.87 bits per heavy atom. The molecule has 0 aromatic carbocycles. The summed E-state index contributed by atoms with van der Waals surface area (Å²) in [5.74, 6) is 0. The molecule has 0 aromatic rings. The van der Waals surface area contributed by atoms with Gasteiger partial charge >= 0.3 is 6.09 Å². The van der Waals surface area contributed by atoms with Crippen molar-refractivity contribution in [2.75, 3.05) is 20.2 Å². The molecule has 23 heavy (non-hydrogen) atoms. The number of amides is 1. The standard InChI is InChI=1S/C18H38N2O2Si/c1-6-18(10-8-7-9-11-18)14-16(19)15-20(2)17(21)22-12-13-23(3,4)5/h16H,6-15,19H2,1-5H3. The van der Waals surface area contributed by atoms with Crippen LogP contribution in [-0.2, 0) is 4.74 Å². The zero-order chi connectivity index (χ0) is 17.5. The van der Waals surface area contributed by atoms with Crippen LogP contribution in [0.1, 0.15) is 51.9 Å². The van der Waals surface area contributed by atoms with E-state index in [1.165, 1.54) is 38.5 Å². The molecule has 1 saturated carbocycles. The van der Waals surface area contributed by atoms with Gasteiger partial charge in [0, 0.05) is 27.7 Å². The lowest BCUT2D eigenvalue weighted by atomic mass is 9.68. The maximum absolute atomic E-state index is 12.1. The van der Waals surface area contributed by atoms with Gasteiger partial charge in [-0.2, -0.15) is 0 Å². The predicted molar refractivity (Wildman–Crippen MR) is 101 cm³/mol. The molecule has 1 aliphatic carbocycles. The highest BCUT2D eigenvalue weighted by atomic mass is 28.3. The molecule has 4 nitrogen and oxygen atoms in total. The van der Waals surface area contributed by atoms with E-state index in [2.05, 4.69) is 26.6 Å². The largest absolute Gasteiger partial charge is 0.450 e. The van der Waals surface area contributed by atoms with E-state index in [0.29, 0.717) is 18.6 Å². The molecule has 0 saturated heterocycles. The minimum Gasteiger partial charge on any atom is -0.450 e. The molecule has 136 valence electrons. The third-order valence-corrected chi connectivity index (χ3v) is 6.96. The highest BCUT2D eigenvalue weighted by Gasteiger charge is 2.32. The van der Waals surface area contributed by atoms with Crippen molar-refractivity contribution in [3.8, 4) is 0 Å². The van der Waals surface area contributed by atoms with Crippen LogP contribution in [0.25, 0.3) is 0 Å². The highest BCUT2D eigenvalue weighted by molar-refractivity contribution is 6.76. The van der Waals surface area contributed by atoms with Gasteiger partial charge in [-0.1, -0.05) is 52.2 Å². The second kappa shape index (κ2) is 9.07. The number of nitrogens with zero attached hydrogens (tertiary/aromatic N) is 1. The molecule has 5 heteroatoms. The number of carbonyl (C=O) groups is 1. The first-order valence-electron chi connectivity index (χ1n) is 9.31. The second-order valence-electron chi connectivity index (χ2n) is 8.68. The lowest BCUT2D eigenvalue weighted by molar-refractivity contribution is 0.105. The Morgan fingerprint density at radius 3 is 2.39 bits per heavy atom. The van der Waals surface area contributed by atoms with Crippen LogP contribution in [0.4, 0.5) is 4.79 Å². The first-order chi connectivity index (χ1) is 10.7. The van der Waals surface area contributed by atoms with Crippen LogP contribution < -0.4 is 5.73 Å². The number of hydrogen-bond acceptors (Lipinski definition) is 3. The van der Waals surface area contributed by atoms with Crippen LogP contribution in [0.3, 0.4) is 0 Å². The molecule has 1 fully saturated rings. The fourth-order valence-electron chi connectivity index (χ4n) is 3.61. The molecule has 0 aliphatic heterocycles. The quantitative estimate of drug-likeness (QED) is 0.662. The van der Waals surface area contributed by atoms with Gasteiger partial charge in [0.15, 0.2) is 0 Å². The maximum Gasteiger partial charge on any atom is 0.409 e. The van der Waals surface area contributed by atoms with E-state index in [-0.39, 0.29) is 12.1 Å². The summed E-state index contributed by atoms with van der Waals surface area (Å²) >= 11 is 0. The zero-order valence-electron chi connectivity index (χ0n) is 16.0. The van der Waals surface area contributed by atoms with E-state index >= 15 is 0 Å². The number of likely N-dealkylation sites (N-methyl/N-ethyl adjacent to an activating group) is 1. The van der Waals surface area contributed by atoms with Crippen LogP contribution in [0.2, 0.25) is 25.7 Å². The van der Waals surface area contributed by atoms with E-state index < -0.39 is 8.07 Å². The summed E-state index contributed by atoms with van der Waals surface area (Å²) in [5, 5.41) is 0. The molecule has 1 aliphatic rings. The van der Waals surface area contributed by atoms with Crippen LogP contribution >= 0.6 is 0 Å². The predicted octanol–water partition coefficient (Wildman–Crippen LogP) is 4.47. The molecule has 0 spiro atoms. The molecule has 0 aromatic heterocycles. The van der Waals surface area contributed by atoms with Gasteiger partial charge in [0.05, 0.1) is 6.61 Å². The fourth-order valence-corrected chi connectivity index (χ4v) is 4.32. The smallest absolute Gasteiger partial charge is 0.409 e. The van der Waals surface area contributed by atoms with Crippen LogP contribution in [0.5, 0.6) is 0 Å². The van der Waals surface area contributed by atoms with Crippen molar-refractivity contribution in [3.05, 3.63) is 0 Å². The van der Waals surface area contributed by atoms with E-state index in [9.17, 15) is 4.79 Å². The number of hydrogen-bond donors (Lipinski definition) is 1. The number of nitrogens with two attached hydrogens (primary N) is 1. The first-order valence-corrected chi connectivity index (χ1v) is 13.0. The van der Waals surface area contributed by atoms with Crippen molar-refractivity contribution < 1.29 is 9.53 Å². The van der Waals surface area contributed by atoms with Gasteiger partial charge in [0.2, 0.25) is 0 Å². The Bertz CT molecular complexity index is 363. The molecule has 0 bridgehead atoms. The Balaban J connectivity index is 2.37. The van der Waals surface area contributed by atoms with E-state index in [4.69, 9.17) is 10.5 Å². The summed E-state index contributed by atoms with van der Waals surface area (Å²) in [5.41, 5.74) is 6.76. The van der Waals surface area contributed by atoms with Gasteiger partial charge in [0.1, 0.15) is 0 Å². The lowest BCUT2D eigenvalue weighted by Crippen LogP contribution is -2.42. The van der Waals surface area contributed by atoms with Crippen LogP contribution in [0.15, 0.2) is 0 Å². The third kappa shape index (κ3) is 7.70. The van der Waals surface area contributed by atoms with Gasteiger partial charge in [-0.3, -0.25) is 0 Å². The lowest BCUT2D eigenvalue weighted by Gasteiger charge is -2.39. The van der Waals surface area contributed by atoms with Crippen molar-refractivity contribution in [2.45, 2.75) is 83.6 Å². The summed E-state index contributed by atoms with van der Waals surface area (Å²) in [7, 11) is 0.646. The maximum atomic E-state index is 12.1. The molecule has 0 heterocycles. The Kier molecular flexibility index (Phi) is 8.08. The van der Waals surface area contributed by atoms with E-state index in [1.807, 2.05) is 0 Å². The summed E-state index contributed by atoms with van der Waals surface area (Å²) in [6, 6.07) is 1.06.